The highest BCUT2D eigenvalue weighted by atomic mass is 127. The van der Waals surface area contributed by atoms with Crippen molar-refractivity contribution in [2.75, 3.05) is 26.2 Å². The lowest BCUT2D eigenvalue weighted by Gasteiger charge is -2.34. The maximum absolute atomic E-state index is 12.5. The van der Waals surface area contributed by atoms with E-state index in [9.17, 15) is 9.59 Å². The fourth-order valence-electron chi connectivity index (χ4n) is 2.40. The van der Waals surface area contributed by atoms with Gasteiger partial charge in [0.1, 0.15) is 6.26 Å². The Morgan fingerprint density at radius 2 is 1.64 bits per heavy atom. The van der Waals surface area contributed by atoms with Crippen molar-refractivity contribution in [1.82, 2.24) is 15.0 Å². The summed E-state index contributed by atoms with van der Waals surface area (Å²) in [6, 6.07) is 9.06. The summed E-state index contributed by atoms with van der Waals surface area (Å²) in [4.78, 5) is 28.2. The van der Waals surface area contributed by atoms with Crippen LogP contribution in [0.5, 0.6) is 0 Å². The second-order valence-corrected chi connectivity index (χ2v) is 6.11. The Balaban J connectivity index is 1.63. The number of hydrogen-bond acceptors (Lipinski definition) is 4. The molecule has 7 heteroatoms. The molecule has 6 nitrogen and oxygen atoms in total. The first kappa shape index (κ1) is 15.0. The lowest BCUT2D eigenvalue weighted by molar-refractivity contribution is 0.0529. The van der Waals surface area contributed by atoms with Gasteiger partial charge in [-0.15, -0.1) is 0 Å². The van der Waals surface area contributed by atoms with Crippen LogP contribution in [0.25, 0.3) is 0 Å². The Kier molecular flexibility index (Phi) is 4.41. The zero-order valence-corrected chi connectivity index (χ0v) is 13.9. The number of piperazine rings is 1. The lowest BCUT2D eigenvalue weighted by Crippen LogP contribution is -2.50. The maximum Gasteiger partial charge on any atom is 0.276 e. The van der Waals surface area contributed by atoms with E-state index in [4.69, 9.17) is 4.52 Å². The Bertz CT molecular complexity index is 679. The third kappa shape index (κ3) is 2.99. The van der Waals surface area contributed by atoms with Gasteiger partial charge in [-0.1, -0.05) is 17.3 Å². The molecular weight excluding hydrogens is 397 g/mol. The van der Waals surface area contributed by atoms with Crippen LogP contribution in [0.1, 0.15) is 20.8 Å². The van der Waals surface area contributed by atoms with Gasteiger partial charge in [0.15, 0.2) is 5.69 Å². The van der Waals surface area contributed by atoms with Crippen LogP contribution in [0.2, 0.25) is 0 Å². The number of nitrogens with zero attached hydrogens (tertiary/aromatic N) is 3. The topological polar surface area (TPSA) is 66.7 Å². The summed E-state index contributed by atoms with van der Waals surface area (Å²) in [6.45, 7) is 2.04. The molecule has 1 aliphatic rings. The fraction of sp³-hybridized carbons (Fsp3) is 0.267. The van der Waals surface area contributed by atoms with E-state index in [2.05, 4.69) is 27.7 Å². The van der Waals surface area contributed by atoms with E-state index in [1.54, 1.807) is 15.9 Å². The van der Waals surface area contributed by atoms with Crippen LogP contribution >= 0.6 is 22.6 Å². The molecule has 0 bridgehead atoms. The van der Waals surface area contributed by atoms with Crippen LogP contribution in [0, 0.1) is 3.57 Å². The number of benzene rings is 1. The average molecular weight is 411 g/mol. The lowest BCUT2D eigenvalue weighted by atomic mass is 10.2. The van der Waals surface area contributed by atoms with Crippen molar-refractivity contribution in [2.45, 2.75) is 0 Å². The predicted octanol–water partition coefficient (Wildman–Crippen LogP) is 1.88. The molecule has 2 amide bonds. The van der Waals surface area contributed by atoms with Crippen LogP contribution < -0.4 is 0 Å². The van der Waals surface area contributed by atoms with Crippen molar-refractivity contribution in [1.29, 1.82) is 0 Å². The molecule has 1 fully saturated rings. The van der Waals surface area contributed by atoms with Crippen molar-refractivity contribution >= 4 is 34.4 Å². The molecule has 22 heavy (non-hydrogen) atoms. The van der Waals surface area contributed by atoms with Crippen molar-refractivity contribution in [3.05, 3.63) is 51.4 Å². The standard InChI is InChI=1S/C15H14IN3O3/c16-12-4-2-1-3-11(12)14(20)18-6-8-19(9-7-18)15(21)13-5-10-22-17-13/h1-5,10H,6-9H2. The molecule has 0 spiro atoms. The first-order valence-corrected chi connectivity index (χ1v) is 7.98. The zero-order chi connectivity index (χ0) is 15.5. The highest BCUT2D eigenvalue weighted by Crippen LogP contribution is 2.16. The molecule has 2 aromatic rings. The third-order valence-corrected chi connectivity index (χ3v) is 4.56. The summed E-state index contributed by atoms with van der Waals surface area (Å²) < 4.78 is 5.63. The normalized spacial score (nSPS) is 15.0. The molecule has 0 atom stereocenters. The van der Waals surface area contributed by atoms with E-state index in [-0.39, 0.29) is 11.8 Å². The molecule has 1 aromatic heterocycles. The SMILES string of the molecule is O=C(c1ccon1)N1CCN(C(=O)c2ccccc2I)CC1. The second kappa shape index (κ2) is 6.47. The van der Waals surface area contributed by atoms with Crippen molar-refractivity contribution in [2.24, 2.45) is 0 Å². The Morgan fingerprint density at radius 3 is 2.23 bits per heavy atom. The number of amides is 2. The minimum atomic E-state index is -0.157. The quantitative estimate of drug-likeness (QED) is 0.708. The van der Waals surface area contributed by atoms with Gasteiger partial charge in [0.2, 0.25) is 0 Å². The summed E-state index contributed by atoms with van der Waals surface area (Å²) >= 11 is 2.16. The van der Waals surface area contributed by atoms with E-state index in [1.807, 2.05) is 24.3 Å². The first-order valence-electron chi connectivity index (χ1n) is 6.90. The second-order valence-electron chi connectivity index (χ2n) is 4.95. The van der Waals surface area contributed by atoms with Gasteiger partial charge in [-0.3, -0.25) is 9.59 Å². The molecule has 0 aliphatic carbocycles. The molecule has 0 N–H and O–H groups in total. The predicted molar refractivity (Wildman–Crippen MR) is 87.5 cm³/mol. The molecule has 2 heterocycles. The molecule has 0 saturated carbocycles. The molecule has 0 unspecified atom stereocenters. The number of carbonyl (C=O) groups excluding carboxylic acids is 2. The molecule has 1 aromatic carbocycles. The van der Waals surface area contributed by atoms with E-state index in [0.29, 0.717) is 37.4 Å². The summed E-state index contributed by atoms with van der Waals surface area (Å²) in [5.74, 6) is -0.145. The minimum Gasteiger partial charge on any atom is -0.364 e. The number of rotatable bonds is 2. The smallest absolute Gasteiger partial charge is 0.276 e. The van der Waals surface area contributed by atoms with Crippen molar-refractivity contribution in [3.63, 3.8) is 0 Å². The van der Waals surface area contributed by atoms with Crippen molar-refractivity contribution < 1.29 is 14.1 Å². The van der Waals surface area contributed by atoms with E-state index < -0.39 is 0 Å². The molecule has 114 valence electrons. The minimum absolute atomic E-state index is 0.0125. The van der Waals surface area contributed by atoms with Crippen LogP contribution in [-0.2, 0) is 0 Å². The highest BCUT2D eigenvalue weighted by Gasteiger charge is 2.27. The molecule has 3 rings (SSSR count). The summed E-state index contributed by atoms with van der Waals surface area (Å²) in [5, 5.41) is 3.66. The summed E-state index contributed by atoms with van der Waals surface area (Å²) in [5.41, 5.74) is 1.01. The molecule has 0 radical (unpaired) electrons. The average Bonchev–Trinajstić information content (AvgIpc) is 3.09. The van der Waals surface area contributed by atoms with Gasteiger partial charge in [-0.25, -0.2) is 0 Å². The fourth-order valence-corrected chi connectivity index (χ4v) is 3.02. The molecule has 1 aliphatic heterocycles. The Labute approximate surface area is 141 Å². The highest BCUT2D eigenvalue weighted by molar-refractivity contribution is 14.1. The van der Waals surface area contributed by atoms with E-state index in [1.165, 1.54) is 6.26 Å². The van der Waals surface area contributed by atoms with Gasteiger partial charge in [-0.05, 0) is 34.7 Å². The zero-order valence-electron chi connectivity index (χ0n) is 11.7. The number of carbonyl (C=O) groups is 2. The van der Waals surface area contributed by atoms with Crippen LogP contribution in [-0.4, -0.2) is 52.9 Å². The van der Waals surface area contributed by atoms with Crippen LogP contribution in [0.3, 0.4) is 0 Å². The molecule has 1 saturated heterocycles. The van der Waals surface area contributed by atoms with Gasteiger partial charge < -0.3 is 14.3 Å². The number of hydrogen-bond donors (Lipinski definition) is 0. The van der Waals surface area contributed by atoms with Gasteiger partial charge in [0.05, 0.1) is 5.56 Å². The largest absolute Gasteiger partial charge is 0.364 e. The Morgan fingerprint density at radius 1 is 1.00 bits per heavy atom. The summed E-state index contributed by atoms with van der Waals surface area (Å²) in [7, 11) is 0. The van der Waals surface area contributed by atoms with Crippen LogP contribution in [0.4, 0.5) is 0 Å². The van der Waals surface area contributed by atoms with E-state index in [0.717, 1.165) is 3.57 Å². The van der Waals surface area contributed by atoms with Gasteiger partial charge >= 0.3 is 0 Å². The van der Waals surface area contributed by atoms with Gasteiger partial charge in [0.25, 0.3) is 11.8 Å². The number of halogens is 1. The first-order chi connectivity index (χ1) is 10.7. The third-order valence-electron chi connectivity index (χ3n) is 3.62. The monoisotopic (exact) mass is 411 g/mol. The Hall–Kier alpha value is -1.90. The van der Waals surface area contributed by atoms with Crippen LogP contribution in [0.15, 0.2) is 41.1 Å². The maximum atomic E-state index is 12.5. The summed E-state index contributed by atoms with van der Waals surface area (Å²) in [6.07, 6.45) is 1.38. The van der Waals surface area contributed by atoms with Crippen molar-refractivity contribution in [3.8, 4) is 0 Å². The van der Waals surface area contributed by atoms with Gasteiger partial charge in [0, 0.05) is 35.8 Å². The number of aromatic nitrogens is 1. The van der Waals surface area contributed by atoms with Gasteiger partial charge in [-0.2, -0.15) is 0 Å². The van der Waals surface area contributed by atoms with E-state index >= 15 is 0 Å². The molecular formula is C15H14IN3O3.